The molecule has 0 amide bonds. The van der Waals surface area contributed by atoms with Gasteiger partial charge in [0.1, 0.15) is 5.75 Å². The number of benzene rings is 2. The molecule has 0 fully saturated rings. The summed E-state index contributed by atoms with van der Waals surface area (Å²) in [6.45, 7) is 0. The number of nitrogens with zero attached hydrogens (tertiary/aromatic N) is 2. The zero-order valence-electron chi connectivity index (χ0n) is 10.9. The van der Waals surface area contributed by atoms with Gasteiger partial charge in [0.05, 0.1) is 7.11 Å². The number of hydrogen-bond acceptors (Lipinski definition) is 5. The van der Waals surface area contributed by atoms with E-state index in [4.69, 9.17) is 14.9 Å². The fourth-order valence-electron chi connectivity index (χ4n) is 1.90. The zero-order valence-corrected chi connectivity index (χ0v) is 10.9. The Kier molecular flexibility index (Phi) is 3.09. The summed E-state index contributed by atoms with van der Waals surface area (Å²) in [5, 5.41) is 8.10. The minimum atomic E-state index is 0.412. The van der Waals surface area contributed by atoms with Gasteiger partial charge >= 0.3 is 0 Å². The smallest absolute Gasteiger partial charge is 0.248 e. The zero-order chi connectivity index (χ0) is 13.9. The van der Waals surface area contributed by atoms with E-state index in [-0.39, 0.29) is 0 Å². The van der Waals surface area contributed by atoms with Crippen molar-refractivity contribution in [3.8, 4) is 28.7 Å². The third kappa shape index (κ3) is 2.33. The van der Waals surface area contributed by atoms with E-state index in [2.05, 4.69) is 10.2 Å². The fraction of sp³-hybridized carbons (Fsp3) is 0.0667. The molecule has 5 heteroatoms. The molecule has 0 aliphatic rings. The van der Waals surface area contributed by atoms with Gasteiger partial charge < -0.3 is 14.9 Å². The third-order valence-electron chi connectivity index (χ3n) is 2.86. The van der Waals surface area contributed by atoms with Crippen LogP contribution in [-0.4, -0.2) is 17.3 Å². The minimum Gasteiger partial charge on any atom is -0.497 e. The lowest BCUT2D eigenvalue weighted by Crippen LogP contribution is -1.90. The van der Waals surface area contributed by atoms with Crippen LogP contribution in [0.1, 0.15) is 0 Å². The lowest BCUT2D eigenvalue weighted by molar-refractivity contribution is 0.415. The highest BCUT2D eigenvalue weighted by Crippen LogP contribution is 2.28. The maximum Gasteiger partial charge on any atom is 0.248 e. The van der Waals surface area contributed by atoms with Gasteiger partial charge in [-0.1, -0.05) is 18.2 Å². The normalized spacial score (nSPS) is 10.4. The molecule has 0 aliphatic carbocycles. The maximum absolute atomic E-state index is 5.82. The lowest BCUT2D eigenvalue weighted by Gasteiger charge is -2.03. The van der Waals surface area contributed by atoms with E-state index in [9.17, 15) is 0 Å². The first-order chi connectivity index (χ1) is 9.76. The third-order valence-corrected chi connectivity index (χ3v) is 2.86. The number of methoxy groups -OCH3 is 1. The molecular formula is C15H13N3O2. The van der Waals surface area contributed by atoms with Gasteiger partial charge in [-0.3, -0.25) is 0 Å². The number of aromatic nitrogens is 2. The summed E-state index contributed by atoms with van der Waals surface area (Å²) in [5.41, 5.74) is 8.01. The van der Waals surface area contributed by atoms with E-state index in [0.717, 1.165) is 11.1 Å². The summed E-state index contributed by atoms with van der Waals surface area (Å²) in [4.78, 5) is 0. The molecule has 0 saturated heterocycles. The predicted octanol–water partition coefficient (Wildman–Crippen LogP) is 2.99. The average molecular weight is 267 g/mol. The number of hydrogen-bond donors (Lipinski definition) is 1. The highest BCUT2D eigenvalue weighted by Gasteiger charge is 2.11. The van der Waals surface area contributed by atoms with Gasteiger partial charge in [0.15, 0.2) is 0 Å². The Morgan fingerprint density at radius 1 is 0.950 bits per heavy atom. The molecule has 0 aliphatic heterocycles. The second kappa shape index (κ2) is 5.05. The Hall–Kier alpha value is -2.82. The average Bonchev–Trinajstić information content (AvgIpc) is 2.97. The van der Waals surface area contributed by atoms with Crippen LogP contribution in [0.15, 0.2) is 52.9 Å². The predicted molar refractivity (Wildman–Crippen MR) is 76.1 cm³/mol. The van der Waals surface area contributed by atoms with Crippen molar-refractivity contribution in [3.63, 3.8) is 0 Å². The van der Waals surface area contributed by atoms with E-state index < -0.39 is 0 Å². The van der Waals surface area contributed by atoms with Crippen molar-refractivity contribution in [2.75, 3.05) is 12.8 Å². The Bertz CT molecular complexity index is 723. The molecule has 2 N–H and O–H groups in total. The van der Waals surface area contributed by atoms with Crippen molar-refractivity contribution in [1.82, 2.24) is 10.2 Å². The molecule has 2 aromatic carbocycles. The number of anilines is 1. The summed E-state index contributed by atoms with van der Waals surface area (Å²) in [7, 11) is 1.59. The van der Waals surface area contributed by atoms with Gasteiger partial charge in [0.25, 0.3) is 0 Å². The molecule has 0 atom stereocenters. The van der Waals surface area contributed by atoms with Crippen LogP contribution < -0.4 is 10.5 Å². The highest BCUT2D eigenvalue weighted by atomic mass is 16.5. The van der Waals surface area contributed by atoms with Crippen LogP contribution in [0.2, 0.25) is 0 Å². The molecule has 0 bridgehead atoms. The summed E-state index contributed by atoms with van der Waals surface area (Å²) in [6.07, 6.45) is 0. The van der Waals surface area contributed by atoms with E-state index in [1.165, 1.54) is 0 Å². The molecular weight excluding hydrogens is 254 g/mol. The second-order valence-corrected chi connectivity index (χ2v) is 4.27. The Labute approximate surface area is 116 Å². The van der Waals surface area contributed by atoms with Gasteiger partial charge in [0, 0.05) is 22.9 Å². The van der Waals surface area contributed by atoms with Crippen molar-refractivity contribution in [2.24, 2.45) is 0 Å². The largest absolute Gasteiger partial charge is 0.497 e. The van der Waals surface area contributed by atoms with Crippen molar-refractivity contribution < 1.29 is 9.15 Å². The van der Waals surface area contributed by atoms with E-state index in [1.54, 1.807) is 25.3 Å². The standard InChI is InChI=1S/C15H13N3O2/c1-19-13-8-11(7-12(16)9-13)15-18-17-14(20-15)10-5-3-2-4-6-10/h2-9H,16H2,1H3. The molecule has 0 unspecified atom stereocenters. The molecule has 1 heterocycles. The molecule has 100 valence electrons. The van der Waals surface area contributed by atoms with Crippen molar-refractivity contribution in [2.45, 2.75) is 0 Å². The maximum atomic E-state index is 5.82. The van der Waals surface area contributed by atoms with Gasteiger partial charge in [-0.05, 0) is 24.3 Å². The number of ether oxygens (including phenoxy) is 1. The van der Waals surface area contributed by atoms with Gasteiger partial charge in [-0.15, -0.1) is 10.2 Å². The monoisotopic (exact) mass is 267 g/mol. The van der Waals surface area contributed by atoms with E-state index >= 15 is 0 Å². The summed E-state index contributed by atoms with van der Waals surface area (Å²) in [6, 6.07) is 14.9. The van der Waals surface area contributed by atoms with Crippen LogP contribution in [0, 0.1) is 0 Å². The molecule has 0 spiro atoms. The van der Waals surface area contributed by atoms with Crippen LogP contribution in [0.25, 0.3) is 22.9 Å². The molecule has 5 nitrogen and oxygen atoms in total. The first-order valence-electron chi connectivity index (χ1n) is 6.10. The highest BCUT2D eigenvalue weighted by molar-refractivity contribution is 5.64. The first kappa shape index (κ1) is 12.2. The van der Waals surface area contributed by atoms with Crippen LogP contribution in [0.3, 0.4) is 0 Å². The molecule has 3 rings (SSSR count). The Morgan fingerprint density at radius 3 is 2.35 bits per heavy atom. The summed E-state index contributed by atoms with van der Waals surface area (Å²) >= 11 is 0. The Morgan fingerprint density at radius 2 is 1.65 bits per heavy atom. The van der Waals surface area contributed by atoms with Crippen molar-refractivity contribution in [1.29, 1.82) is 0 Å². The summed E-state index contributed by atoms with van der Waals surface area (Å²) < 4.78 is 10.9. The molecule has 0 saturated carbocycles. The lowest BCUT2D eigenvalue weighted by atomic mass is 10.2. The van der Waals surface area contributed by atoms with Crippen molar-refractivity contribution in [3.05, 3.63) is 48.5 Å². The topological polar surface area (TPSA) is 74.2 Å². The first-order valence-corrected chi connectivity index (χ1v) is 6.10. The Balaban J connectivity index is 2.00. The van der Waals surface area contributed by atoms with E-state index in [0.29, 0.717) is 23.2 Å². The molecule has 1 aromatic heterocycles. The van der Waals surface area contributed by atoms with Gasteiger partial charge in [-0.2, -0.15) is 0 Å². The van der Waals surface area contributed by atoms with Gasteiger partial charge in [0.2, 0.25) is 11.8 Å². The quantitative estimate of drug-likeness (QED) is 0.738. The molecule has 20 heavy (non-hydrogen) atoms. The van der Waals surface area contributed by atoms with Crippen LogP contribution in [-0.2, 0) is 0 Å². The molecule has 3 aromatic rings. The summed E-state index contributed by atoms with van der Waals surface area (Å²) in [5.74, 6) is 1.54. The number of nitrogens with two attached hydrogens (primary N) is 1. The van der Waals surface area contributed by atoms with Crippen LogP contribution in [0.4, 0.5) is 5.69 Å². The number of rotatable bonds is 3. The SMILES string of the molecule is COc1cc(N)cc(-c2nnc(-c3ccccc3)o2)c1. The van der Waals surface area contributed by atoms with Gasteiger partial charge in [-0.25, -0.2) is 0 Å². The van der Waals surface area contributed by atoms with E-state index in [1.807, 2.05) is 30.3 Å². The van der Waals surface area contributed by atoms with Crippen molar-refractivity contribution >= 4 is 5.69 Å². The second-order valence-electron chi connectivity index (χ2n) is 4.27. The van der Waals surface area contributed by atoms with Crippen LogP contribution in [0.5, 0.6) is 5.75 Å². The van der Waals surface area contributed by atoms with Crippen LogP contribution >= 0.6 is 0 Å². The minimum absolute atomic E-state index is 0.412. The number of nitrogen functional groups attached to an aromatic ring is 1. The molecule has 0 radical (unpaired) electrons. The fourth-order valence-corrected chi connectivity index (χ4v) is 1.90.